The first-order valence-corrected chi connectivity index (χ1v) is 7.97. The largest absolute Gasteiger partial charge is 0.318 e. The van der Waals surface area contributed by atoms with Gasteiger partial charge >= 0.3 is 0 Å². The van der Waals surface area contributed by atoms with E-state index in [1.807, 2.05) is 36.5 Å². The van der Waals surface area contributed by atoms with Crippen LogP contribution in [0.25, 0.3) is 5.69 Å². The Bertz CT molecular complexity index is 647. The molecule has 2 aromatic rings. The highest BCUT2D eigenvalue weighted by Crippen LogP contribution is 2.17. The Kier molecular flexibility index (Phi) is 4.89. The molecular weight excluding hydrogens is 272 g/mol. The molecule has 0 radical (unpaired) electrons. The van der Waals surface area contributed by atoms with Crippen molar-refractivity contribution in [3.8, 4) is 11.8 Å². The molecule has 0 atom stereocenters. The fourth-order valence-electron chi connectivity index (χ4n) is 3.03. The maximum absolute atomic E-state index is 9.26. The topological polar surface area (TPSA) is 44.0 Å². The van der Waals surface area contributed by atoms with Crippen molar-refractivity contribution in [1.29, 1.82) is 5.26 Å². The molecule has 1 aliphatic rings. The number of nitriles is 1. The third kappa shape index (κ3) is 3.38. The van der Waals surface area contributed by atoms with E-state index in [1.165, 1.54) is 31.6 Å². The molecule has 1 aliphatic heterocycles. The highest BCUT2D eigenvalue weighted by Gasteiger charge is 2.11. The minimum atomic E-state index is 0.706. The molecule has 0 aliphatic carbocycles. The summed E-state index contributed by atoms with van der Waals surface area (Å²) in [5, 5.41) is 12.8. The summed E-state index contributed by atoms with van der Waals surface area (Å²) >= 11 is 0. The zero-order valence-corrected chi connectivity index (χ0v) is 12.8. The number of hydrogen-bond donors (Lipinski definition) is 1. The number of aromatic nitrogens is 1. The minimum absolute atomic E-state index is 0.706. The van der Waals surface area contributed by atoms with Crippen molar-refractivity contribution in [2.45, 2.75) is 19.4 Å². The molecule has 4 nitrogen and oxygen atoms in total. The first-order chi connectivity index (χ1) is 10.9. The molecule has 2 heterocycles. The zero-order chi connectivity index (χ0) is 15.2. The van der Waals surface area contributed by atoms with Gasteiger partial charge in [0.25, 0.3) is 0 Å². The van der Waals surface area contributed by atoms with Crippen LogP contribution < -0.4 is 5.32 Å². The molecule has 22 heavy (non-hydrogen) atoms. The quantitative estimate of drug-likeness (QED) is 0.833. The van der Waals surface area contributed by atoms with Crippen LogP contribution in [0.1, 0.15) is 24.1 Å². The summed E-state index contributed by atoms with van der Waals surface area (Å²) in [6, 6.07) is 14.1. The number of benzene rings is 1. The van der Waals surface area contributed by atoms with Crippen LogP contribution in [0.3, 0.4) is 0 Å². The smallest absolute Gasteiger partial charge is 0.101 e. The summed E-state index contributed by atoms with van der Waals surface area (Å²) in [6.07, 6.45) is 4.70. The van der Waals surface area contributed by atoms with Gasteiger partial charge in [0.2, 0.25) is 0 Å². The number of para-hydroxylation sites is 1. The SMILES string of the molecule is N#Cc1ccccc1-n1cccc1CNCCN1CCCC1. The predicted molar refractivity (Wildman–Crippen MR) is 87.9 cm³/mol. The zero-order valence-electron chi connectivity index (χ0n) is 12.8. The second-order valence-electron chi connectivity index (χ2n) is 5.72. The van der Waals surface area contributed by atoms with Crippen LogP contribution in [0.5, 0.6) is 0 Å². The number of nitrogens with one attached hydrogen (secondary N) is 1. The summed E-state index contributed by atoms with van der Waals surface area (Å²) in [5.41, 5.74) is 2.84. The van der Waals surface area contributed by atoms with Gasteiger partial charge in [-0.25, -0.2) is 0 Å². The van der Waals surface area contributed by atoms with Gasteiger partial charge in [-0.2, -0.15) is 5.26 Å². The van der Waals surface area contributed by atoms with Crippen LogP contribution in [0, 0.1) is 11.3 Å². The Morgan fingerprint density at radius 1 is 1.09 bits per heavy atom. The molecule has 1 saturated heterocycles. The lowest BCUT2D eigenvalue weighted by Crippen LogP contribution is -2.30. The van der Waals surface area contributed by atoms with E-state index < -0.39 is 0 Å². The predicted octanol–water partition coefficient (Wildman–Crippen LogP) is 2.53. The first kappa shape index (κ1) is 14.8. The number of likely N-dealkylation sites (tertiary alicyclic amines) is 1. The van der Waals surface area contributed by atoms with Crippen molar-refractivity contribution in [3.63, 3.8) is 0 Å². The maximum Gasteiger partial charge on any atom is 0.101 e. The molecule has 114 valence electrons. The standard InChI is InChI=1S/C18H22N4/c19-14-16-6-1-2-8-18(16)22-12-5-7-17(22)15-20-9-13-21-10-3-4-11-21/h1-2,5-8,12,20H,3-4,9-11,13,15H2. The van der Waals surface area contributed by atoms with Crippen LogP contribution >= 0.6 is 0 Å². The molecule has 3 rings (SSSR count). The molecule has 1 aromatic carbocycles. The minimum Gasteiger partial charge on any atom is -0.318 e. The number of nitrogens with zero attached hydrogens (tertiary/aromatic N) is 3. The molecule has 1 aromatic heterocycles. The van der Waals surface area contributed by atoms with E-state index in [0.717, 1.165) is 25.3 Å². The van der Waals surface area contributed by atoms with Crippen LogP contribution in [0.2, 0.25) is 0 Å². The van der Waals surface area contributed by atoms with Gasteiger partial charge in [-0.3, -0.25) is 0 Å². The van der Waals surface area contributed by atoms with E-state index in [2.05, 4.69) is 26.9 Å². The van der Waals surface area contributed by atoms with Crippen molar-refractivity contribution in [2.75, 3.05) is 26.2 Å². The molecule has 0 spiro atoms. The van der Waals surface area contributed by atoms with Crippen molar-refractivity contribution in [1.82, 2.24) is 14.8 Å². The Labute approximate surface area is 132 Å². The van der Waals surface area contributed by atoms with Crippen molar-refractivity contribution in [3.05, 3.63) is 53.9 Å². The Morgan fingerprint density at radius 3 is 2.73 bits per heavy atom. The van der Waals surface area contributed by atoms with Gasteiger partial charge in [0.05, 0.1) is 11.3 Å². The number of hydrogen-bond acceptors (Lipinski definition) is 3. The van der Waals surface area contributed by atoms with Crippen LogP contribution in [0.4, 0.5) is 0 Å². The van der Waals surface area contributed by atoms with Crippen LogP contribution in [0.15, 0.2) is 42.6 Å². The second-order valence-corrected chi connectivity index (χ2v) is 5.72. The van der Waals surface area contributed by atoms with E-state index in [4.69, 9.17) is 0 Å². The van der Waals surface area contributed by atoms with Crippen molar-refractivity contribution in [2.24, 2.45) is 0 Å². The molecular formula is C18H22N4. The van der Waals surface area contributed by atoms with Crippen molar-refractivity contribution >= 4 is 0 Å². The van der Waals surface area contributed by atoms with E-state index in [0.29, 0.717) is 5.56 Å². The molecule has 1 N–H and O–H groups in total. The van der Waals surface area contributed by atoms with E-state index >= 15 is 0 Å². The summed E-state index contributed by atoms with van der Waals surface area (Å²) in [6.45, 7) is 5.43. The summed E-state index contributed by atoms with van der Waals surface area (Å²) in [4.78, 5) is 2.51. The molecule has 0 unspecified atom stereocenters. The van der Waals surface area contributed by atoms with Crippen LogP contribution in [-0.2, 0) is 6.54 Å². The molecule has 0 saturated carbocycles. The molecule has 1 fully saturated rings. The second kappa shape index (κ2) is 7.26. The average molecular weight is 294 g/mol. The summed E-state index contributed by atoms with van der Waals surface area (Å²) in [7, 11) is 0. The average Bonchev–Trinajstić information content (AvgIpc) is 3.23. The third-order valence-electron chi connectivity index (χ3n) is 4.23. The van der Waals surface area contributed by atoms with Gasteiger partial charge in [-0.05, 0) is 50.2 Å². The fraction of sp³-hybridized carbons (Fsp3) is 0.389. The molecule has 0 amide bonds. The maximum atomic E-state index is 9.26. The lowest BCUT2D eigenvalue weighted by Gasteiger charge is -2.15. The highest BCUT2D eigenvalue weighted by atomic mass is 15.2. The summed E-state index contributed by atoms with van der Waals surface area (Å²) in [5.74, 6) is 0. The third-order valence-corrected chi connectivity index (χ3v) is 4.23. The normalized spacial score (nSPS) is 15.0. The lowest BCUT2D eigenvalue weighted by molar-refractivity contribution is 0.335. The number of rotatable bonds is 6. The van der Waals surface area contributed by atoms with Gasteiger partial charge in [-0.15, -0.1) is 0 Å². The summed E-state index contributed by atoms with van der Waals surface area (Å²) < 4.78 is 2.10. The van der Waals surface area contributed by atoms with Gasteiger partial charge in [0.1, 0.15) is 6.07 Å². The molecule has 0 bridgehead atoms. The lowest BCUT2D eigenvalue weighted by atomic mass is 10.2. The van der Waals surface area contributed by atoms with Gasteiger partial charge < -0.3 is 14.8 Å². The first-order valence-electron chi connectivity index (χ1n) is 7.97. The molecule has 4 heteroatoms. The van der Waals surface area contributed by atoms with Gasteiger partial charge in [0, 0.05) is 31.5 Å². The van der Waals surface area contributed by atoms with Crippen LogP contribution in [-0.4, -0.2) is 35.6 Å². The fourth-order valence-corrected chi connectivity index (χ4v) is 3.03. The van der Waals surface area contributed by atoms with E-state index in [9.17, 15) is 5.26 Å². The van der Waals surface area contributed by atoms with Gasteiger partial charge in [0.15, 0.2) is 0 Å². The van der Waals surface area contributed by atoms with Gasteiger partial charge in [-0.1, -0.05) is 12.1 Å². The monoisotopic (exact) mass is 294 g/mol. The highest BCUT2D eigenvalue weighted by molar-refractivity contribution is 5.49. The van der Waals surface area contributed by atoms with E-state index in [-0.39, 0.29) is 0 Å². The Morgan fingerprint density at radius 2 is 1.91 bits per heavy atom. The Balaban J connectivity index is 1.61. The Hall–Kier alpha value is -2.09. The van der Waals surface area contributed by atoms with Crippen molar-refractivity contribution < 1.29 is 0 Å². The van der Waals surface area contributed by atoms with E-state index in [1.54, 1.807) is 0 Å².